The molecule has 40 heavy (non-hydrogen) atoms. The van der Waals surface area contributed by atoms with Crippen LogP contribution in [0.15, 0.2) is 47.5 Å². The van der Waals surface area contributed by atoms with Gasteiger partial charge in [0.15, 0.2) is 11.5 Å². The molecule has 5 rings (SSSR count). The summed E-state index contributed by atoms with van der Waals surface area (Å²) in [6.07, 6.45) is -7.74. The molecule has 1 aliphatic heterocycles. The molecule has 1 N–H and O–H groups in total. The van der Waals surface area contributed by atoms with Crippen molar-refractivity contribution in [2.75, 3.05) is 11.4 Å². The number of anilines is 1. The van der Waals surface area contributed by atoms with Crippen LogP contribution in [0.5, 0.6) is 17.2 Å². The molecule has 0 unspecified atom stereocenters. The number of nitriles is 1. The molecule has 1 aliphatic rings. The minimum atomic E-state index is -5.04. The number of imidazole rings is 1. The molecule has 11 nitrogen and oxygen atoms in total. The zero-order valence-electron chi connectivity index (χ0n) is 20.1. The third-order valence-corrected chi connectivity index (χ3v) is 5.67. The van der Waals surface area contributed by atoms with E-state index in [0.717, 1.165) is 23.1 Å². The Kier molecular flexibility index (Phi) is 6.29. The molecule has 2 aromatic carbocycles. The number of alkyl halides is 5. The molecular formula is C24H15F5N6O5. The van der Waals surface area contributed by atoms with Gasteiger partial charge >= 0.3 is 12.7 Å². The Labute approximate surface area is 219 Å². The molecule has 0 saturated carbocycles. The number of likely N-dealkylation sites (N-methyl/N-ethyl adjacent to an activating group) is 1. The zero-order valence-corrected chi connectivity index (χ0v) is 20.1. The monoisotopic (exact) mass is 562 g/mol. The summed E-state index contributed by atoms with van der Waals surface area (Å²) in [6.45, 7) is 1.01. The fourth-order valence-electron chi connectivity index (χ4n) is 4.10. The molecule has 4 aromatic rings. The number of aromatic amines is 1. The number of nitrogens with zero attached hydrogens (tertiary/aromatic N) is 5. The molecule has 206 valence electrons. The zero-order chi connectivity index (χ0) is 28.8. The van der Waals surface area contributed by atoms with Crippen LogP contribution in [0.3, 0.4) is 0 Å². The van der Waals surface area contributed by atoms with Gasteiger partial charge in [0.25, 0.3) is 5.56 Å². The van der Waals surface area contributed by atoms with E-state index in [1.165, 1.54) is 29.2 Å². The fraction of sp³-hybridized carbons (Fsp3) is 0.208. The van der Waals surface area contributed by atoms with E-state index in [2.05, 4.69) is 29.3 Å². The number of aromatic nitrogens is 4. The summed E-state index contributed by atoms with van der Waals surface area (Å²) in [7, 11) is 0. The van der Waals surface area contributed by atoms with Crippen molar-refractivity contribution in [2.45, 2.75) is 26.1 Å². The number of carbonyl (C=O) groups is 1. The Balaban J connectivity index is 1.53. The Bertz CT molecular complexity index is 1740. The molecule has 0 radical (unpaired) electrons. The fourth-order valence-corrected chi connectivity index (χ4v) is 4.10. The summed E-state index contributed by atoms with van der Waals surface area (Å²) in [6, 6.07) is 8.50. The number of fused-ring (bicyclic) bond motifs is 2. The third kappa shape index (κ3) is 5.08. The molecule has 0 aliphatic carbocycles. The van der Waals surface area contributed by atoms with Crippen molar-refractivity contribution in [1.29, 1.82) is 5.26 Å². The van der Waals surface area contributed by atoms with Crippen LogP contribution in [0.1, 0.15) is 12.5 Å². The van der Waals surface area contributed by atoms with Crippen LogP contribution in [0.2, 0.25) is 0 Å². The van der Waals surface area contributed by atoms with E-state index in [9.17, 15) is 36.8 Å². The summed E-state index contributed by atoms with van der Waals surface area (Å²) in [4.78, 5) is 34.1. The number of halogens is 5. The highest BCUT2D eigenvalue weighted by Crippen LogP contribution is 2.43. The van der Waals surface area contributed by atoms with Crippen molar-refractivity contribution < 1.29 is 41.0 Å². The molecule has 1 amide bonds. The van der Waals surface area contributed by atoms with E-state index >= 15 is 0 Å². The summed E-state index contributed by atoms with van der Waals surface area (Å²) in [5, 5.41) is 13.5. The van der Waals surface area contributed by atoms with Gasteiger partial charge in [0.05, 0.1) is 18.0 Å². The maximum Gasteiger partial charge on any atom is 0.586 e. The topological polar surface area (TPSA) is 135 Å². The Hall–Kier alpha value is -5.20. The smallest absolute Gasteiger partial charge is 0.406 e. The molecule has 0 fully saturated rings. The van der Waals surface area contributed by atoms with Crippen LogP contribution in [-0.2, 0) is 11.3 Å². The Morgan fingerprint density at radius 3 is 2.65 bits per heavy atom. The molecule has 16 heteroatoms. The van der Waals surface area contributed by atoms with E-state index in [0.29, 0.717) is 0 Å². The first-order valence-corrected chi connectivity index (χ1v) is 11.3. The second-order valence-corrected chi connectivity index (χ2v) is 8.28. The van der Waals surface area contributed by atoms with Crippen molar-refractivity contribution >= 4 is 22.6 Å². The number of amides is 1. The number of nitrogens with one attached hydrogen (secondary N) is 1. The van der Waals surface area contributed by atoms with Crippen LogP contribution >= 0.6 is 0 Å². The minimum absolute atomic E-state index is 0.0224. The lowest BCUT2D eigenvalue weighted by Gasteiger charge is -2.21. The van der Waals surface area contributed by atoms with Crippen LogP contribution in [-0.4, -0.2) is 44.9 Å². The van der Waals surface area contributed by atoms with Crippen LogP contribution in [0, 0.1) is 11.3 Å². The highest BCUT2D eigenvalue weighted by Gasteiger charge is 2.43. The number of hydrogen-bond acceptors (Lipinski definition) is 8. The lowest BCUT2D eigenvalue weighted by molar-refractivity contribution is -0.286. The van der Waals surface area contributed by atoms with Gasteiger partial charge in [-0.1, -0.05) is 0 Å². The van der Waals surface area contributed by atoms with Crippen molar-refractivity contribution in [2.24, 2.45) is 0 Å². The minimum Gasteiger partial charge on any atom is -0.406 e. The average Bonchev–Trinajstić information content (AvgIpc) is 3.48. The molecule has 0 spiro atoms. The van der Waals surface area contributed by atoms with Crippen LogP contribution in [0.25, 0.3) is 22.3 Å². The van der Waals surface area contributed by atoms with Crippen LogP contribution in [0.4, 0.5) is 27.6 Å². The number of hydrogen-bond donors (Lipinski definition) is 1. The van der Waals surface area contributed by atoms with E-state index in [4.69, 9.17) is 0 Å². The normalized spacial score (nSPS) is 13.7. The lowest BCUT2D eigenvalue weighted by atomic mass is 10.1. The summed E-state index contributed by atoms with van der Waals surface area (Å²) in [5.41, 5.74) is -1.07. The van der Waals surface area contributed by atoms with Crippen LogP contribution < -0.4 is 24.7 Å². The van der Waals surface area contributed by atoms with Gasteiger partial charge in [0, 0.05) is 23.9 Å². The first kappa shape index (κ1) is 26.4. The van der Waals surface area contributed by atoms with Crippen molar-refractivity contribution in [3.05, 3.63) is 58.6 Å². The predicted molar refractivity (Wildman–Crippen MR) is 126 cm³/mol. The van der Waals surface area contributed by atoms with Gasteiger partial charge in [0.2, 0.25) is 5.91 Å². The molecule has 3 heterocycles. The first-order chi connectivity index (χ1) is 18.9. The number of carbonyl (C=O) groups excluding carboxylic acids is 1. The summed E-state index contributed by atoms with van der Waals surface area (Å²) >= 11 is 0. The molecular weight excluding hydrogens is 547 g/mol. The van der Waals surface area contributed by atoms with Crippen molar-refractivity contribution in [3.8, 4) is 34.6 Å². The Morgan fingerprint density at radius 1 is 1.20 bits per heavy atom. The van der Waals surface area contributed by atoms with Gasteiger partial charge in [-0.15, -0.1) is 22.0 Å². The maximum absolute atomic E-state index is 13.4. The summed E-state index contributed by atoms with van der Waals surface area (Å²) in [5.74, 6) is -1.90. The second kappa shape index (κ2) is 9.52. The highest BCUT2D eigenvalue weighted by atomic mass is 19.4. The van der Waals surface area contributed by atoms with Gasteiger partial charge in [-0.05, 0) is 37.3 Å². The van der Waals surface area contributed by atoms with Gasteiger partial charge < -0.3 is 24.1 Å². The molecule has 2 aromatic heterocycles. The van der Waals surface area contributed by atoms with E-state index in [1.54, 1.807) is 13.0 Å². The van der Waals surface area contributed by atoms with Gasteiger partial charge in [-0.25, -0.2) is 9.67 Å². The quantitative estimate of drug-likeness (QED) is 0.350. The number of H-pyrrole nitrogens is 1. The largest absolute Gasteiger partial charge is 0.586 e. The molecule has 0 saturated heterocycles. The van der Waals surface area contributed by atoms with Gasteiger partial charge in [-0.2, -0.15) is 10.4 Å². The van der Waals surface area contributed by atoms with E-state index in [1.807, 2.05) is 0 Å². The van der Waals surface area contributed by atoms with E-state index in [-0.39, 0.29) is 51.6 Å². The number of benzene rings is 2. The number of ether oxygens (including phenoxy) is 3. The van der Waals surface area contributed by atoms with Gasteiger partial charge in [0.1, 0.15) is 29.0 Å². The molecule has 0 atom stereocenters. The standard InChI is InChI=1S/C24H15F5N6O5/c1-2-34(14-3-4-16-17(8-14)40-24(28,29)39-16)18(36)10-35-22(37)21-20(31-11-32-21)19(33-35)13-5-12(9-30)6-15(7-13)38-23(25,26)27/h3-8,11H,2,10H2,1H3,(H,31,32). The SMILES string of the molecule is CCN(C(=O)Cn1nc(-c2cc(C#N)cc(OC(F)(F)F)c2)c2nc[nH]c2c1=O)c1ccc2c(c1)OC(F)(F)O2. The average molecular weight is 562 g/mol. The Morgan fingerprint density at radius 2 is 1.95 bits per heavy atom. The van der Waals surface area contributed by atoms with Crippen molar-refractivity contribution in [1.82, 2.24) is 19.7 Å². The molecule has 0 bridgehead atoms. The first-order valence-electron chi connectivity index (χ1n) is 11.3. The third-order valence-electron chi connectivity index (χ3n) is 5.67. The highest BCUT2D eigenvalue weighted by molar-refractivity contribution is 5.94. The lowest BCUT2D eigenvalue weighted by Crippen LogP contribution is -2.37. The van der Waals surface area contributed by atoms with E-state index < -0.39 is 36.4 Å². The van der Waals surface area contributed by atoms with Gasteiger partial charge in [-0.3, -0.25) is 9.59 Å². The summed E-state index contributed by atoms with van der Waals surface area (Å²) < 4.78 is 78.9. The number of rotatable bonds is 6. The predicted octanol–water partition coefficient (Wildman–Crippen LogP) is 3.93. The second-order valence-electron chi connectivity index (χ2n) is 8.28. The van der Waals surface area contributed by atoms with Crippen molar-refractivity contribution in [3.63, 3.8) is 0 Å². The maximum atomic E-state index is 13.4.